The molecule has 0 radical (unpaired) electrons. The normalized spacial score (nSPS) is 13.9. The van der Waals surface area contributed by atoms with Gasteiger partial charge in [-0.05, 0) is 43.5 Å². The summed E-state index contributed by atoms with van der Waals surface area (Å²) in [6.45, 7) is 10.9. The van der Waals surface area contributed by atoms with E-state index >= 15 is 0 Å². The van der Waals surface area contributed by atoms with Crippen molar-refractivity contribution in [1.82, 2.24) is 5.32 Å². The second-order valence-corrected chi connectivity index (χ2v) is 5.84. The summed E-state index contributed by atoms with van der Waals surface area (Å²) in [5, 5.41) is 3.14. The van der Waals surface area contributed by atoms with Crippen LogP contribution in [0, 0.1) is 6.92 Å². The Labute approximate surface area is 127 Å². The predicted octanol–water partition coefficient (Wildman–Crippen LogP) is 3.04. The lowest BCUT2D eigenvalue weighted by molar-refractivity contribution is -0.149. The molecule has 1 atom stereocenters. The van der Waals surface area contributed by atoms with E-state index in [2.05, 4.69) is 31.3 Å². The Kier molecular flexibility index (Phi) is 6.21. The van der Waals surface area contributed by atoms with Gasteiger partial charge in [0.1, 0.15) is 17.9 Å². The highest BCUT2D eigenvalue weighted by Crippen LogP contribution is 2.28. The number of ether oxygens (including phenoxy) is 2. The molecular weight excluding hydrogens is 266 g/mol. The molecule has 4 nitrogen and oxygen atoms in total. The summed E-state index contributed by atoms with van der Waals surface area (Å²) in [5.74, 6) is 0.880. The highest BCUT2D eigenvalue weighted by Gasteiger charge is 2.34. The zero-order valence-corrected chi connectivity index (χ0v) is 13.9. The van der Waals surface area contributed by atoms with E-state index in [9.17, 15) is 4.79 Å². The number of esters is 1. The van der Waals surface area contributed by atoms with Gasteiger partial charge in [0.15, 0.2) is 0 Å². The summed E-state index contributed by atoms with van der Waals surface area (Å²) in [5.41, 5.74) is 1.43. The van der Waals surface area contributed by atoms with Crippen LogP contribution in [0.1, 0.15) is 44.7 Å². The number of likely N-dealkylation sites (N-methyl/N-ethyl adjacent to an activating group) is 1. The van der Waals surface area contributed by atoms with Gasteiger partial charge in [-0.2, -0.15) is 0 Å². The van der Waals surface area contributed by atoms with Crippen LogP contribution in [0.5, 0.6) is 5.75 Å². The van der Waals surface area contributed by atoms with Crippen molar-refractivity contribution in [3.63, 3.8) is 0 Å². The molecule has 0 aliphatic heterocycles. The molecule has 0 aromatic heterocycles. The van der Waals surface area contributed by atoms with Crippen LogP contribution in [0.15, 0.2) is 18.2 Å². The van der Waals surface area contributed by atoms with Gasteiger partial charge in [-0.3, -0.25) is 5.32 Å². The van der Waals surface area contributed by atoms with Gasteiger partial charge in [0.2, 0.25) is 0 Å². The molecule has 0 spiro atoms. The molecule has 0 aliphatic carbocycles. The number of rotatable bonds is 7. The van der Waals surface area contributed by atoms with Gasteiger partial charge in [-0.15, -0.1) is 0 Å². The maximum absolute atomic E-state index is 12.0. The lowest BCUT2D eigenvalue weighted by Crippen LogP contribution is -2.54. The van der Waals surface area contributed by atoms with Gasteiger partial charge in [-0.25, -0.2) is 4.79 Å². The zero-order chi connectivity index (χ0) is 16.0. The third kappa shape index (κ3) is 4.46. The highest BCUT2D eigenvalue weighted by molar-refractivity contribution is 5.80. The molecule has 0 fully saturated rings. The highest BCUT2D eigenvalue weighted by atomic mass is 16.5. The molecule has 1 unspecified atom stereocenters. The molecule has 0 aliphatic rings. The molecular formula is C17H27NO3. The minimum atomic E-state index is -0.846. The second-order valence-electron chi connectivity index (χ2n) is 5.84. The van der Waals surface area contributed by atoms with E-state index in [0.717, 1.165) is 16.9 Å². The monoisotopic (exact) mass is 293 g/mol. The molecule has 21 heavy (non-hydrogen) atoms. The van der Waals surface area contributed by atoms with Crippen LogP contribution in [-0.4, -0.2) is 31.8 Å². The largest absolute Gasteiger partial charge is 0.491 e. The minimum Gasteiger partial charge on any atom is -0.491 e. The summed E-state index contributed by atoms with van der Waals surface area (Å²) >= 11 is 0. The predicted molar refractivity (Wildman–Crippen MR) is 84.9 cm³/mol. The summed E-state index contributed by atoms with van der Waals surface area (Å²) in [6, 6.07) is 6.17. The lowest BCUT2D eigenvalue weighted by atomic mass is 10.00. The van der Waals surface area contributed by atoms with Crippen LogP contribution in [0.4, 0.5) is 0 Å². The molecule has 0 bridgehead atoms. The van der Waals surface area contributed by atoms with Crippen LogP contribution < -0.4 is 10.1 Å². The standard InChI is InChI=1S/C17H27NO3/c1-7-18-17(5,16(19)20-6)11-21-15-10-13(4)8-9-14(15)12(2)3/h8-10,12,18H,7,11H2,1-6H3. The topological polar surface area (TPSA) is 47.6 Å². The van der Waals surface area contributed by atoms with E-state index in [1.165, 1.54) is 7.11 Å². The average Bonchev–Trinajstić information content (AvgIpc) is 2.44. The molecule has 1 rings (SSSR count). The van der Waals surface area contributed by atoms with Gasteiger partial charge < -0.3 is 9.47 Å². The summed E-state index contributed by atoms with van der Waals surface area (Å²) in [6.07, 6.45) is 0. The second kappa shape index (κ2) is 7.46. The Morgan fingerprint density at radius 3 is 2.57 bits per heavy atom. The molecule has 118 valence electrons. The van der Waals surface area contributed by atoms with Gasteiger partial charge in [-0.1, -0.05) is 32.9 Å². The molecule has 1 aromatic rings. The number of hydrogen-bond acceptors (Lipinski definition) is 4. The SMILES string of the molecule is CCNC(C)(COc1cc(C)ccc1C(C)C)C(=O)OC. The van der Waals surface area contributed by atoms with Gasteiger partial charge in [0.25, 0.3) is 0 Å². The summed E-state index contributed by atoms with van der Waals surface area (Å²) in [7, 11) is 1.39. The number of benzene rings is 1. The van der Waals surface area contributed by atoms with Crippen molar-refractivity contribution in [2.75, 3.05) is 20.3 Å². The Morgan fingerprint density at radius 2 is 2.05 bits per heavy atom. The van der Waals surface area contributed by atoms with Crippen molar-refractivity contribution in [1.29, 1.82) is 0 Å². The third-order valence-corrected chi connectivity index (χ3v) is 3.51. The number of hydrogen-bond donors (Lipinski definition) is 1. The fourth-order valence-corrected chi connectivity index (χ4v) is 2.26. The van der Waals surface area contributed by atoms with Gasteiger partial charge in [0.05, 0.1) is 7.11 Å². The lowest BCUT2D eigenvalue weighted by Gasteiger charge is -2.28. The fourth-order valence-electron chi connectivity index (χ4n) is 2.26. The van der Waals surface area contributed by atoms with E-state index in [-0.39, 0.29) is 12.6 Å². The molecule has 0 saturated heterocycles. The Balaban J connectivity index is 2.95. The number of carbonyl (C=O) groups is 1. The van der Waals surface area contributed by atoms with Gasteiger partial charge >= 0.3 is 5.97 Å². The zero-order valence-electron chi connectivity index (χ0n) is 13.9. The first-order valence-electron chi connectivity index (χ1n) is 7.40. The van der Waals surface area contributed by atoms with Gasteiger partial charge in [0, 0.05) is 0 Å². The van der Waals surface area contributed by atoms with Crippen molar-refractivity contribution in [2.45, 2.75) is 46.1 Å². The van der Waals surface area contributed by atoms with E-state index in [0.29, 0.717) is 12.5 Å². The first-order valence-corrected chi connectivity index (χ1v) is 7.40. The van der Waals surface area contributed by atoms with E-state index < -0.39 is 5.54 Å². The molecule has 0 saturated carbocycles. The Bertz CT molecular complexity index is 485. The average molecular weight is 293 g/mol. The quantitative estimate of drug-likeness (QED) is 0.785. The molecule has 1 aromatic carbocycles. The van der Waals surface area contributed by atoms with E-state index in [4.69, 9.17) is 9.47 Å². The summed E-state index contributed by atoms with van der Waals surface area (Å²) < 4.78 is 10.8. The smallest absolute Gasteiger partial charge is 0.329 e. The fraction of sp³-hybridized carbons (Fsp3) is 0.588. The number of nitrogens with one attached hydrogen (secondary N) is 1. The van der Waals surface area contributed by atoms with Crippen molar-refractivity contribution in [3.8, 4) is 5.75 Å². The van der Waals surface area contributed by atoms with Crippen LogP contribution in [0.2, 0.25) is 0 Å². The number of carbonyl (C=O) groups excluding carboxylic acids is 1. The van der Waals surface area contributed by atoms with Crippen LogP contribution >= 0.6 is 0 Å². The van der Waals surface area contributed by atoms with Crippen molar-refractivity contribution in [3.05, 3.63) is 29.3 Å². The first kappa shape index (κ1) is 17.5. The molecule has 1 N–H and O–H groups in total. The maximum Gasteiger partial charge on any atom is 0.329 e. The molecule has 4 heteroatoms. The maximum atomic E-state index is 12.0. The molecule has 0 heterocycles. The Morgan fingerprint density at radius 1 is 1.38 bits per heavy atom. The van der Waals surface area contributed by atoms with Crippen LogP contribution in [0.3, 0.4) is 0 Å². The Hall–Kier alpha value is -1.55. The number of methoxy groups -OCH3 is 1. The first-order chi connectivity index (χ1) is 9.84. The van der Waals surface area contributed by atoms with Crippen LogP contribution in [-0.2, 0) is 9.53 Å². The van der Waals surface area contributed by atoms with E-state index in [1.54, 1.807) is 6.92 Å². The van der Waals surface area contributed by atoms with Crippen molar-refractivity contribution >= 4 is 5.97 Å². The third-order valence-electron chi connectivity index (χ3n) is 3.51. The van der Waals surface area contributed by atoms with Crippen LogP contribution in [0.25, 0.3) is 0 Å². The van der Waals surface area contributed by atoms with Crippen molar-refractivity contribution < 1.29 is 14.3 Å². The summed E-state index contributed by atoms with van der Waals surface area (Å²) in [4.78, 5) is 12.0. The number of aryl methyl sites for hydroxylation is 1. The van der Waals surface area contributed by atoms with Crippen molar-refractivity contribution in [2.24, 2.45) is 0 Å². The molecule has 0 amide bonds. The minimum absolute atomic E-state index is 0.233. The van der Waals surface area contributed by atoms with E-state index in [1.807, 2.05) is 19.9 Å².